The normalized spacial score (nSPS) is 11.0. The molecule has 0 radical (unpaired) electrons. The Balaban J connectivity index is 2.25. The van der Waals surface area contributed by atoms with Crippen molar-refractivity contribution in [3.8, 4) is 0 Å². The van der Waals surface area contributed by atoms with E-state index in [1.54, 1.807) is 26.1 Å². The summed E-state index contributed by atoms with van der Waals surface area (Å²) in [6.07, 6.45) is 0.0934. The van der Waals surface area contributed by atoms with Crippen LogP contribution in [0.25, 0.3) is 10.2 Å². The summed E-state index contributed by atoms with van der Waals surface area (Å²) in [5, 5.41) is 0. The van der Waals surface area contributed by atoms with Crippen LogP contribution in [-0.2, 0) is 18.2 Å². The van der Waals surface area contributed by atoms with E-state index < -0.39 is 5.97 Å². The van der Waals surface area contributed by atoms with Gasteiger partial charge in [0, 0.05) is 22.7 Å². The summed E-state index contributed by atoms with van der Waals surface area (Å²) >= 11 is 3.20. The first kappa shape index (κ1) is 18.0. The van der Waals surface area contributed by atoms with Crippen LogP contribution in [0.1, 0.15) is 28.5 Å². The molecule has 5 nitrogen and oxygen atoms in total. The Morgan fingerprint density at radius 1 is 1.44 bits per heavy atom. The molecule has 0 aliphatic heterocycles. The highest BCUT2D eigenvalue weighted by Crippen LogP contribution is 2.25. The number of thiazole rings is 1. The van der Waals surface area contributed by atoms with Gasteiger partial charge in [0.1, 0.15) is 21.6 Å². The van der Waals surface area contributed by atoms with Crippen molar-refractivity contribution in [3.63, 3.8) is 0 Å². The lowest BCUT2D eigenvalue weighted by Gasteiger charge is -2.14. The monoisotopic (exact) mass is 472 g/mol. The van der Waals surface area contributed by atoms with Crippen molar-refractivity contribution in [3.05, 3.63) is 60.3 Å². The summed E-state index contributed by atoms with van der Waals surface area (Å²) in [4.78, 5) is 29.2. The second kappa shape index (κ2) is 7.20. The van der Waals surface area contributed by atoms with Gasteiger partial charge >= 0.3 is 5.97 Å². The van der Waals surface area contributed by atoms with Crippen LogP contribution >= 0.6 is 33.9 Å². The maximum Gasteiger partial charge on any atom is 0.342 e. The molecule has 2 heterocycles. The molecular weight excluding hydrogens is 458 g/mol. The molecule has 3 aromatic rings. The highest BCUT2D eigenvalue weighted by Gasteiger charge is 2.24. The van der Waals surface area contributed by atoms with Crippen molar-refractivity contribution < 1.29 is 13.9 Å². The highest BCUT2D eigenvalue weighted by molar-refractivity contribution is 14.1. The van der Waals surface area contributed by atoms with E-state index in [0.29, 0.717) is 21.5 Å². The second-order valence-electron chi connectivity index (χ2n) is 5.35. The Labute approximate surface area is 160 Å². The number of rotatable bonds is 4. The van der Waals surface area contributed by atoms with Gasteiger partial charge < -0.3 is 9.30 Å². The van der Waals surface area contributed by atoms with Crippen molar-refractivity contribution >= 4 is 50.1 Å². The van der Waals surface area contributed by atoms with Crippen LogP contribution in [0.3, 0.4) is 0 Å². The maximum atomic E-state index is 14.3. The van der Waals surface area contributed by atoms with Gasteiger partial charge in [0.2, 0.25) is 0 Å². The molecule has 0 aliphatic rings. The Kier molecular flexibility index (Phi) is 5.19. The number of hydrogen-bond donors (Lipinski definition) is 0. The van der Waals surface area contributed by atoms with Crippen LogP contribution in [0, 0.1) is 9.39 Å². The molecule has 0 amide bonds. The van der Waals surface area contributed by atoms with Crippen molar-refractivity contribution in [1.82, 2.24) is 9.55 Å². The molecule has 3 rings (SSSR count). The minimum Gasteiger partial charge on any atom is -0.462 e. The molecule has 0 saturated heterocycles. The van der Waals surface area contributed by atoms with Gasteiger partial charge in [-0.15, -0.1) is 11.3 Å². The zero-order valence-electron chi connectivity index (χ0n) is 13.5. The predicted molar refractivity (Wildman–Crippen MR) is 103 cm³/mol. The molecular formula is C17H14FIN2O3S. The molecule has 0 fully saturated rings. The third-order valence-electron chi connectivity index (χ3n) is 3.85. The first-order chi connectivity index (χ1) is 11.9. The number of ether oxygens (including phenoxy) is 1. The van der Waals surface area contributed by atoms with E-state index in [1.807, 2.05) is 22.6 Å². The van der Waals surface area contributed by atoms with Gasteiger partial charge in [-0.05, 0) is 47.2 Å². The number of benzene rings is 1. The Hall–Kier alpha value is -1.81. The first-order valence-corrected chi connectivity index (χ1v) is 9.46. The van der Waals surface area contributed by atoms with Gasteiger partial charge in [0.25, 0.3) is 5.56 Å². The third-order valence-corrected chi connectivity index (χ3v) is 5.33. The molecule has 25 heavy (non-hydrogen) atoms. The largest absolute Gasteiger partial charge is 0.462 e. The molecule has 0 atom stereocenters. The van der Waals surface area contributed by atoms with E-state index in [1.165, 1.54) is 27.5 Å². The van der Waals surface area contributed by atoms with Crippen molar-refractivity contribution in [2.45, 2.75) is 13.3 Å². The summed E-state index contributed by atoms with van der Waals surface area (Å²) in [6, 6.07) is 4.85. The first-order valence-electron chi connectivity index (χ1n) is 7.50. The quantitative estimate of drug-likeness (QED) is 0.431. The number of carbonyl (C=O) groups excluding carboxylic acids is 1. The molecule has 1 aromatic carbocycles. The van der Waals surface area contributed by atoms with Crippen LogP contribution in [0.4, 0.5) is 4.39 Å². The van der Waals surface area contributed by atoms with Crippen LogP contribution in [0.5, 0.6) is 0 Å². The molecule has 0 saturated carbocycles. The molecule has 130 valence electrons. The van der Waals surface area contributed by atoms with E-state index in [0.717, 1.165) is 3.57 Å². The van der Waals surface area contributed by atoms with Crippen LogP contribution in [0.15, 0.2) is 28.5 Å². The standard InChI is InChI=1S/C17H14FIN2O3S/c1-3-24-17(23)13-12(6-9-4-5-10(19)7-11(9)18)21(2)16(22)15-14(13)20-8-25-15/h4-5,7-8H,3,6H2,1-2H3. The van der Waals surface area contributed by atoms with Gasteiger partial charge in [-0.1, -0.05) is 6.07 Å². The number of esters is 1. The van der Waals surface area contributed by atoms with Crippen molar-refractivity contribution in [2.24, 2.45) is 7.05 Å². The lowest BCUT2D eigenvalue weighted by atomic mass is 10.0. The third kappa shape index (κ3) is 3.32. The van der Waals surface area contributed by atoms with Crippen LogP contribution in [0.2, 0.25) is 0 Å². The topological polar surface area (TPSA) is 61.2 Å². The summed E-state index contributed by atoms with van der Waals surface area (Å²) in [7, 11) is 1.57. The van der Waals surface area contributed by atoms with Gasteiger partial charge in [-0.3, -0.25) is 4.79 Å². The average molecular weight is 472 g/mol. The molecule has 0 bridgehead atoms. The summed E-state index contributed by atoms with van der Waals surface area (Å²) in [5.41, 5.74) is 2.58. The molecule has 8 heteroatoms. The van der Waals surface area contributed by atoms with Gasteiger partial charge in [-0.25, -0.2) is 14.2 Å². The van der Waals surface area contributed by atoms with E-state index in [9.17, 15) is 14.0 Å². The minimum atomic E-state index is -0.560. The Morgan fingerprint density at radius 2 is 2.20 bits per heavy atom. The average Bonchev–Trinajstić information content (AvgIpc) is 3.04. The summed E-state index contributed by atoms with van der Waals surface area (Å²) in [5.74, 6) is -0.942. The number of halogens is 2. The van der Waals surface area contributed by atoms with Crippen LogP contribution in [-0.4, -0.2) is 22.1 Å². The number of fused-ring (bicyclic) bond motifs is 1. The lowest BCUT2D eigenvalue weighted by molar-refractivity contribution is 0.0526. The summed E-state index contributed by atoms with van der Waals surface area (Å²) in [6.45, 7) is 1.90. The minimum absolute atomic E-state index is 0.0934. The summed E-state index contributed by atoms with van der Waals surface area (Å²) < 4.78 is 22.0. The Bertz CT molecular complexity index is 1030. The van der Waals surface area contributed by atoms with E-state index >= 15 is 0 Å². The van der Waals surface area contributed by atoms with Gasteiger partial charge in [0.05, 0.1) is 12.1 Å². The fraction of sp³-hybridized carbons (Fsp3) is 0.235. The molecule has 0 aliphatic carbocycles. The Morgan fingerprint density at radius 3 is 2.88 bits per heavy atom. The highest BCUT2D eigenvalue weighted by atomic mass is 127. The second-order valence-corrected chi connectivity index (χ2v) is 7.45. The van der Waals surface area contributed by atoms with Crippen molar-refractivity contribution in [1.29, 1.82) is 0 Å². The molecule has 0 N–H and O–H groups in total. The number of hydrogen-bond acceptors (Lipinski definition) is 5. The zero-order chi connectivity index (χ0) is 18.1. The SMILES string of the molecule is CCOC(=O)c1c(Cc2ccc(I)cc2F)n(C)c(=O)c2scnc12. The van der Waals surface area contributed by atoms with Crippen molar-refractivity contribution in [2.75, 3.05) is 6.61 Å². The molecule has 0 spiro atoms. The van der Waals surface area contributed by atoms with Gasteiger partial charge in [0.15, 0.2) is 0 Å². The number of nitrogens with zero attached hydrogens (tertiary/aromatic N) is 2. The molecule has 0 unspecified atom stereocenters. The maximum absolute atomic E-state index is 14.3. The van der Waals surface area contributed by atoms with Gasteiger partial charge in [-0.2, -0.15) is 0 Å². The van der Waals surface area contributed by atoms with E-state index in [-0.39, 0.29) is 30.0 Å². The zero-order valence-corrected chi connectivity index (χ0v) is 16.5. The van der Waals surface area contributed by atoms with E-state index in [2.05, 4.69) is 4.98 Å². The number of carbonyl (C=O) groups is 1. The number of pyridine rings is 1. The molecule has 2 aromatic heterocycles. The van der Waals surface area contributed by atoms with E-state index in [4.69, 9.17) is 4.74 Å². The smallest absolute Gasteiger partial charge is 0.342 e. The fourth-order valence-corrected chi connectivity index (χ4v) is 3.85. The predicted octanol–water partition coefficient (Wildman–Crippen LogP) is 3.51. The number of aromatic nitrogens is 2. The van der Waals surface area contributed by atoms with Crippen LogP contribution < -0.4 is 5.56 Å². The lowest BCUT2D eigenvalue weighted by Crippen LogP contribution is -2.25. The fourth-order valence-electron chi connectivity index (χ4n) is 2.63.